The van der Waals surface area contributed by atoms with Gasteiger partial charge in [-0.1, -0.05) is 24.3 Å². The quantitative estimate of drug-likeness (QED) is 0.735. The van der Waals surface area contributed by atoms with Gasteiger partial charge in [0.25, 0.3) is 5.56 Å². The monoisotopic (exact) mass is 338 g/mol. The lowest BCUT2D eigenvalue weighted by Crippen LogP contribution is -2.48. The molecule has 6 heteroatoms. The van der Waals surface area contributed by atoms with Gasteiger partial charge in [0.2, 0.25) is 0 Å². The van der Waals surface area contributed by atoms with Crippen molar-refractivity contribution in [3.05, 3.63) is 71.0 Å². The average molecular weight is 338 g/mol. The Morgan fingerprint density at radius 2 is 1.68 bits per heavy atom. The third kappa shape index (κ3) is 3.13. The summed E-state index contributed by atoms with van der Waals surface area (Å²) in [6.07, 6.45) is 1.61. The lowest BCUT2D eigenvalue weighted by molar-refractivity contribution is 0.202. The van der Waals surface area contributed by atoms with Crippen molar-refractivity contribution in [2.75, 3.05) is 31.1 Å². The smallest absolute Gasteiger partial charge is 0.262 e. The van der Waals surface area contributed by atoms with Gasteiger partial charge in [-0.3, -0.25) is 14.3 Å². The molecule has 25 heavy (non-hydrogen) atoms. The number of para-hydroxylation sites is 2. The molecule has 1 fully saturated rings. The summed E-state index contributed by atoms with van der Waals surface area (Å²) in [5.41, 5.74) is 1.34. The molecule has 0 atom stereocenters. The van der Waals surface area contributed by atoms with Crippen molar-refractivity contribution in [2.24, 2.45) is 0 Å². The predicted octanol–water partition coefficient (Wildman–Crippen LogP) is 2.32. The molecule has 1 aromatic heterocycles. The Morgan fingerprint density at radius 3 is 2.48 bits per heavy atom. The summed E-state index contributed by atoms with van der Waals surface area (Å²) in [5, 5.41) is 0.634. The SMILES string of the molecule is O=c1c2ccccc2ncn1CN1CCN(c2ccccc2F)CC1. The maximum atomic E-state index is 13.9. The van der Waals surface area contributed by atoms with Crippen LogP contribution in [0.2, 0.25) is 0 Å². The second-order valence-corrected chi connectivity index (χ2v) is 6.23. The van der Waals surface area contributed by atoms with Crippen LogP contribution in [0.1, 0.15) is 0 Å². The van der Waals surface area contributed by atoms with Gasteiger partial charge in [0.15, 0.2) is 0 Å². The number of nitrogens with zero attached hydrogens (tertiary/aromatic N) is 4. The first-order chi connectivity index (χ1) is 12.2. The summed E-state index contributed by atoms with van der Waals surface area (Å²) < 4.78 is 15.6. The first kappa shape index (κ1) is 15.8. The minimum Gasteiger partial charge on any atom is -0.367 e. The van der Waals surface area contributed by atoms with Gasteiger partial charge in [-0.25, -0.2) is 9.37 Å². The predicted molar refractivity (Wildman–Crippen MR) is 96.2 cm³/mol. The Kier molecular flexibility index (Phi) is 4.19. The van der Waals surface area contributed by atoms with Crippen molar-refractivity contribution in [3.8, 4) is 0 Å². The van der Waals surface area contributed by atoms with Gasteiger partial charge >= 0.3 is 0 Å². The second-order valence-electron chi connectivity index (χ2n) is 6.23. The molecule has 0 radical (unpaired) electrons. The van der Waals surface area contributed by atoms with E-state index in [2.05, 4.69) is 9.88 Å². The van der Waals surface area contributed by atoms with E-state index in [1.165, 1.54) is 6.07 Å². The van der Waals surface area contributed by atoms with E-state index in [0.29, 0.717) is 23.3 Å². The number of fused-ring (bicyclic) bond motifs is 1. The van der Waals surface area contributed by atoms with Crippen molar-refractivity contribution >= 4 is 16.6 Å². The van der Waals surface area contributed by atoms with E-state index in [9.17, 15) is 9.18 Å². The Labute approximate surface area is 144 Å². The van der Waals surface area contributed by atoms with Gasteiger partial charge < -0.3 is 4.90 Å². The third-order valence-electron chi connectivity index (χ3n) is 4.65. The van der Waals surface area contributed by atoms with Crippen molar-refractivity contribution < 1.29 is 4.39 Å². The topological polar surface area (TPSA) is 41.4 Å². The van der Waals surface area contributed by atoms with Crippen molar-refractivity contribution in [3.63, 3.8) is 0 Å². The van der Waals surface area contributed by atoms with E-state index in [1.54, 1.807) is 23.0 Å². The highest BCUT2D eigenvalue weighted by Gasteiger charge is 2.19. The van der Waals surface area contributed by atoms with E-state index in [4.69, 9.17) is 0 Å². The van der Waals surface area contributed by atoms with Crippen LogP contribution in [-0.4, -0.2) is 40.6 Å². The molecular formula is C19H19FN4O. The number of piperazine rings is 1. The zero-order valence-corrected chi connectivity index (χ0v) is 13.8. The summed E-state index contributed by atoms with van der Waals surface area (Å²) in [6, 6.07) is 14.2. The number of anilines is 1. The van der Waals surface area contributed by atoms with Crippen LogP contribution >= 0.6 is 0 Å². The van der Waals surface area contributed by atoms with Gasteiger partial charge in [0.05, 0.1) is 29.6 Å². The summed E-state index contributed by atoms with van der Waals surface area (Å²) in [4.78, 5) is 21.2. The molecule has 0 saturated carbocycles. The number of hydrogen-bond donors (Lipinski definition) is 0. The van der Waals surface area contributed by atoms with Crippen LogP contribution < -0.4 is 10.5 Å². The fourth-order valence-corrected chi connectivity index (χ4v) is 3.26. The Hall–Kier alpha value is -2.73. The molecule has 0 spiro atoms. The molecule has 0 bridgehead atoms. The van der Waals surface area contributed by atoms with Gasteiger partial charge in [0.1, 0.15) is 5.82 Å². The zero-order chi connectivity index (χ0) is 17.2. The lowest BCUT2D eigenvalue weighted by Gasteiger charge is -2.36. The zero-order valence-electron chi connectivity index (χ0n) is 13.8. The van der Waals surface area contributed by atoms with Crippen molar-refractivity contribution in [2.45, 2.75) is 6.67 Å². The van der Waals surface area contributed by atoms with E-state index in [-0.39, 0.29) is 11.4 Å². The van der Waals surface area contributed by atoms with Crippen LogP contribution in [0.5, 0.6) is 0 Å². The third-order valence-corrected chi connectivity index (χ3v) is 4.65. The summed E-state index contributed by atoms with van der Waals surface area (Å²) >= 11 is 0. The Morgan fingerprint density at radius 1 is 0.960 bits per heavy atom. The fraction of sp³-hybridized carbons (Fsp3) is 0.263. The molecule has 3 aromatic rings. The first-order valence-corrected chi connectivity index (χ1v) is 8.38. The van der Waals surface area contributed by atoms with Crippen LogP contribution in [0.15, 0.2) is 59.7 Å². The first-order valence-electron chi connectivity index (χ1n) is 8.38. The number of rotatable bonds is 3. The largest absolute Gasteiger partial charge is 0.367 e. The minimum absolute atomic E-state index is 0.0258. The van der Waals surface area contributed by atoms with Crippen molar-refractivity contribution in [1.82, 2.24) is 14.5 Å². The lowest BCUT2D eigenvalue weighted by atomic mass is 10.2. The van der Waals surface area contributed by atoms with E-state index >= 15 is 0 Å². The Bertz CT molecular complexity index is 947. The number of aromatic nitrogens is 2. The van der Waals surface area contributed by atoms with E-state index in [0.717, 1.165) is 26.2 Å². The molecule has 2 heterocycles. The highest BCUT2D eigenvalue weighted by atomic mass is 19.1. The molecule has 1 aliphatic rings. The highest BCUT2D eigenvalue weighted by molar-refractivity contribution is 5.76. The highest BCUT2D eigenvalue weighted by Crippen LogP contribution is 2.20. The van der Waals surface area contributed by atoms with Crippen molar-refractivity contribution in [1.29, 1.82) is 0 Å². The Balaban J connectivity index is 1.46. The molecule has 0 aliphatic carbocycles. The minimum atomic E-state index is -0.189. The average Bonchev–Trinajstić information content (AvgIpc) is 2.65. The number of hydrogen-bond acceptors (Lipinski definition) is 4. The second kappa shape index (κ2) is 6.64. The van der Waals surface area contributed by atoms with Gasteiger partial charge in [0, 0.05) is 26.2 Å². The van der Waals surface area contributed by atoms with Gasteiger partial charge in [-0.2, -0.15) is 0 Å². The summed E-state index contributed by atoms with van der Waals surface area (Å²) in [7, 11) is 0. The normalized spacial score (nSPS) is 15.6. The molecule has 4 rings (SSSR count). The van der Waals surface area contributed by atoms with E-state index < -0.39 is 0 Å². The summed E-state index contributed by atoms with van der Waals surface area (Å²) in [5.74, 6) is -0.189. The molecule has 2 aromatic carbocycles. The molecule has 5 nitrogen and oxygen atoms in total. The summed E-state index contributed by atoms with van der Waals surface area (Å²) in [6.45, 7) is 3.51. The van der Waals surface area contributed by atoms with Crippen LogP contribution in [0.3, 0.4) is 0 Å². The molecule has 1 aliphatic heterocycles. The van der Waals surface area contributed by atoms with Gasteiger partial charge in [-0.05, 0) is 24.3 Å². The fourth-order valence-electron chi connectivity index (χ4n) is 3.26. The molecule has 0 N–H and O–H groups in total. The van der Waals surface area contributed by atoms with Crippen LogP contribution in [0.25, 0.3) is 10.9 Å². The maximum Gasteiger partial charge on any atom is 0.262 e. The number of halogens is 1. The number of benzene rings is 2. The van der Waals surface area contributed by atoms with Crippen LogP contribution in [0.4, 0.5) is 10.1 Å². The molecule has 0 unspecified atom stereocenters. The van der Waals surface area contributed by atoms with Crippen LogP contribution in [0, 0.1) is 5.82 Å². The maximum absolute atomic E-state index is 13.9. The molecule has 1 saturated heterocycles. The molecule has 0 amide bonds. The van der Waals surface area contributed by atoms with Gasteiger partial charge in [-0.15, -0.1) is 0 Å². The standard InChI is InChI=1S/C19H19FN4O/c20-16-6-2-4-8-18(16)23-11-9-22(10-12-23)14-24-13-21-17-7-3-1-5-15(17)19(24)25/h1-8,13H,9-12,14H2. The van der Waals surface area contributed by atoms with Crippen LogP contribution in [-0.2, 0) is 6.67 Å². The molecular weight excluding hydrogens is 319 g/mol. The molecule has 128 valence electrons. The van der Waals surface area contributed by atoms with E-state index in [1.807, 2.05) is 35.2 Å².